The predicted octanol–water partition coefficient (Wildman–Crippen LogP) is 6.67. The molecule has 2 heterocycles. The van der Waals surface area contributed by atoms with Gasteiger partial charge in [0, 0.05) is 28.2 Å². The topological polar surface area (TPSA) is 105 Å². The van der Waals surface area contributed by atoms with E-state index >= 15 is 4.39 Å². The van der Waals surface area contributed by atoms with Gasteiger partial charge in [-0.15, -0.1) is 0 Å². The zero-order valence-electron chi connectivity index (χ0n) is 24.4. The summed E-state index contributed by atoms with van der Waals surface area (Å²) in [5, 5.41) is 7.82. The molecule has 0 bridgehead atoms. The molecular formula is C32H35ClFN5O3S. The number of aromatic nitrogens is 2. The Morgan fingerprint density at radius 1 is 1.14 bits per heavy atom. The van der Waals surface area contributed by atoms with E-state index in [9.17, 15) is 8.42 Å². The van der Waals surface area contributed by atoms with Crippen LogP contribution in [0.5, 0.6) is 5.75 Å². The maximum atomic E-state index is 15.6. The molecule has 2 aliphatic rings. The van der Waals surface area contributed by atoms with E-state index in [1.165, 1.54) is 18.2 Å². The maximum absolute atomic E-state index is 15.6. The number of nitrogens with zero attached hydrogens (tertiary/aromatic N) is 2. The van der Waals surface area contributed by atoms with Crippen molar-refractivity contribution in [2.75, 3.05) is 30.2 Å². The monoisotopic (exact) mass is 623 g/mol. The number of methoxy groups -OCH3 is 1. The molecular weight excluding hydrogens is 589 g/mol. The third-order valence-corrected chi connectivity index (χ3v) is 10.2. The second-order valence-electron chi connectivity index (χ2n) is 11.3. The van der Waals surface area contributed by atoms with Crippen LogP contribution in [0.15, 0.2) is 47.5 Å². The third kappa shape index (κ3) is 5.75. The first-order valence-corrected chi connectivity index (χ1v) is 16.5. The second kappa shape index (κ2) is 11.9. The van der Waals surface area contributed by atoms with E-state index in [2.05, 4.69) is 27.3 Å². The molecule has 11 heteroatoms. The van der Waals surface area contributed by atoms with Crippen LogP contribution in [-0.2, 0) is 22.9 Å². The Kier molecular flexibility index (Phi) is 8.19. The van der Waals surface area contributed by atoms with Crippen molar-refractivity contribution in [2.24, 2.45) is 0 Å². The molecule has 4 aromatic rings. The number of piperidine rings is 1. The smallest absolute Gasteiger partial charge is 0.262 e. The van der Waals surface area contributed by atoms with Crippen molar-refractivity contribution in [3.05, 3.63) is 70.1 Å². The van der Waals surface area contributed by atoms with Gasteiger partial charge in [-0.2, -0.15) is 0 Å². The SMILES string of the molecule is CCc1c(NS(=O)(=O)c2cc(Cl)cc3c2CC[C@H]3C)ccc(F)c1-c1cc(OC)c2nc(NC3CCNCC3)ncc2c1. The van der Waals surface area contributed by atoms with Gasteiger partial charge in [0.1, 0.15) is 17.1 Å². The van der Waals surface area contributed by atoms with Crippen molar-refractivity contribution in [1.82, 2.24) is 15.3 Å². The first kappa shape index (κ1) is 29.6. The van der Waals surface area contributed by atoms with Crippen LogP contribution in [-0.4, -0.2) is 44.6 Å². The average molecular weight is 624 g/mol. The molecule has 0 radical (unpaired) electrons. The molecule has 1 aliphatic heterocycles. The van der Waals surface area contributed by atoms with Crippen LogP contribution in [0.2, 0.25) is 5.02 Å². The van der Waals surface area contributed by atoms with Crippen LogP contribution in [0.1, 0.15) is 55.7 Å². The number of fused-ring (bicyclic) bond motifs is 2. The second-order valence-corrected chi connectivity index (χ2v) is 13.4. The largest absolute Gasteiger partial charge is 0.494 e. The molecule has 226 valence electrons. The Bertz CT molecular complexity index is 1810. The van der Waals surface area contributed by atoms with Gasteiger partial charge < -0.3 is 15.4 Å². The number of benzene rings is 3. The number of nitrogens with one attached hydrogen (secondary N) is 3. The van der Waals surface area contributed by atoms with E-state index in [-0.39, 0.29) is 16.9 Å². The van der Waals surface area contributed by atoms with Crippen molar-refractivity contribution in [3.8, 4) is 16.9 Å². The van der Waals surface area contributed by atoms with E-state index in [0.29, 0.717) is 62.8 Å². The molecule has 3 N–H and O–H groups in total. The Hall–Kier alpha value is -3.47. The number of hydrogen-bond acceptors (Lipinski definition) is 7. The summed E-state index contributed by atoms with van der Waals surface area (Å²) in [6.07, 6.45) is 5.57. The third-order valence-electron chi connectivity index (χ3n) is 8.54. The van der Waals surface area contributed by atoms with E-state index in [1.807, 2.05) is 19.1 Å². The lowest BCUT2D eigenvalue weighted by atomic mass is 9.95. The minimum atomic E-state index is -4.01. The summed E-state index contributed by atoms with van der Waals surface area (Å²) in [7, 11) is -2.46. The molecule has 0 saturated carbocycles. The quantitative estimate of drug-likeness (QED) is 0.201. The standard InChI is InChI=1S/C32H35ClFN5O3S/c1-4-23-27(39-43(40,41)29-16-21(33)15-25-18(2)5-6-24(25)29)8-7-26(34)30(23)19-13-20-17-36-32(37-22-9-11-35-12-10-22)38-31(20)28(14-19)42-3/h7-8,13-18,22,35,39H,4-6,9-12H2,1-3H3,(H,36,37,38)/t18-/m1/s1. The fourth-order valence-corrected chi connectivity index (χ4v) is 8.03. The Labute approximate surface area is 256 Å². The van der Waals surface area contributed by atoms with Crippen LogP contribution >= 0.6 is 11.6 Å². The van der Waals surface area contributed by atoms with Gasteiger partial charge in [-0.25, -0.2) is 22.8 Å². The van der Waals surface area contributed by atoms with E-state index in [1.54, 1.807) is 19.4 Å². The zero-order valence-corrected chi connectivity index (χ0v) is 26.0. The molecule has 8 nitrogen and oxygen atoms in total. The molecule has 1 atom stereocenters. The van der Waals surface area contributed by atoms with E-state index in [0.717, 1.165) is 43.5 Å². The predicted molar refractivity (Wildman–Crippen MR) is 169 cm³/mol. The van der Waals surface area contributed by atoms with Crippen LogP contribution in [0, 0.1) is 5.82 Å². The van der Waals surface area contributed by atoms with Gasteiger partial charge in [-0.3, -0.25) is 4.72 Å². The lowest BCUT2D eigenvalue weighted by molar-refractivity contribution is 0.419. The summed E-state index contributed by atoms with van der Waals surface area (Å²) in [5.74, 6) is 0.752. The maximum Gasteiger partial charge on any atom is 0.262 e. The van der Waals surface area contributed by atoms with Gasteiger partial charge in [0.15, 0.2) is 0 Å². The van der Waals surface area contributed by atoms with E-state index < -0.39 is 15.8 Å². The highest BCUT2D eigenvalue weighted by atomic mass is 35.5. The van der Waals surface area contributed by atoms with E-state index in [4.69, 9.17) is 21.3 Å². The minimum absolute atomic E-state index is 0.172. The highest BCUT2D eigenvalue weighted by Gasteiger charge is 2.29. The summed E-state index contributed by atoms with van der Waals surface area (Å²) in [6.45, 7) is 5.83. The van der Waals surface area contributed by atoms with Crippen LogP contribution in [0.25, 0.3) is 22.0 Å². The molecule has 1 fully saturated rings. The fourth-order valence-electron chi connectivity index (χ4n) is 6.32. The van der Waals surface area contributed by atoms with Crippen molar-refractivity contribution in [3.63, 3.8) is 0 Å². The number of hydrogen-bond donors (Lipinski definition) is 3. The first-order chi connectivity index (χ1) is 20.7. The lowest BCUT2D eigenvalue weighted by Crippen LogP contribution is -2.35. The van der Waals surface area contributed by atoms with Gasteiger partial charge in [0.25, 0.3) is 10.0 Å². The molecule has 1 aliphatic carbocycles. The molecule has 43 heavy (non-hydrogen) atoms. The molecule has 0 amide bonds. The molecule has 0 unspecified atom stereocenters. The fraction of sp³-hybridized carbons (Fsp3) is 0.375. The summed E-state index contributed by atoms with van der Waals surface area (Å²) >= 11 is 6.35. The van der Waals surface area contributed by atoms with Gasteiger partial charge in [0.05, 0.1) is 17.7 Å². The normalized spacial score (nSPS) is 17.2. The highest BCUT2D eigenvalue weighted by molar-refractivity contribution is 7.92. The summed E-state index contributed by atoms with van der Waals surface area (Å²) in [5.41, 5.74) is 4.04. The Morgan fingerprint density at radius 3 is 2.67 bits per heavy atom. The number of ether oxygens (including phenoxy) is 1. The molecule has 3 aromatic carbocycles. The Morgan fingerprint density at radius 2 is 1.93 bits per heavy atom. The molecule has 1 saturated heterocycles. The highest BCUT2D eigenvalue weighted by Crippen LogP contribution is 2.41. The number of halogens is 2. The lowest BCUT2D eigenvalue weighted by Gasteiger charge is -2.23. The van der Waals surface area contributed by atoms with Crippen molar-refractivity contribution >= 4 is 44.2 Å². The van der Waals surface area contributed by atoms with Gasteiger partial charge >= 0.3 is 0 Å². The number of anilines is 2. The zero-order chi connectivity index (χ0) is 30.3. The first-order valence-electron chi connectivity index (χ1n) is 14.7. The van der Waals surface area contributed by atoms with Gasteiger partial charge in [-0.05, 0) is 110 Å². The number of rotatable bonds is 8. The summed E-state index contributed by atoms with van der Waals surface area (Å²) in [4.78, 5) is 9.41. The summed E-state index contributed by atoms with van der Waals surface area (Å²) in [6, 6.07) is 9.95. The Balaban J connectivity index is 1.39. The van der Waals surface area contributed by atoms with Gasteiger partial charge in [0.2, 0.25) is 5.95 Å². The van der Waals surface area contributed by atoms with Crippen LogP contribution < -0.4 is 20.1 Å². The van der Waals surface area contributed by atoms with Crippen molar-refractivity contribution < 1.29 is 17.5 Å². The van der Waals surface area contributed by atoms with Crippen molar-refractivity contribution in [2.45, 2.75) is 62.8 Å². The minimum Gasteiger partial charge on any atom is -0.494 e. The van der Waals surface area contributed by atoms with Gasteiger partial charge in [-0.1, -0.05) is 25.4 Å². The van der Waals surface area contributed by atoms with Crippen molar-refractivity contribution in [1.29, 1.82) is 0 Å². The molecule has 0 spiro atoms. The molecule has 1 aromatic heterocycles. The molecule has 6 rings (SSSR count). The summed E-state index contributed by atoms with van der Waals surface area (Å²) < 4.78 is 51.6. The average Bonchev–Trinajstić information content (AvgIpc) is 3.37. The van der Waals surface area contributed by atoms with Crippen LogP contribution in [0.3, 0.4) is 0 Å². The van der Waals surface area contributed by atoms with Crippen LogP contribution in [0.4, 0.5) is 16.0 Å². The number of sulfonamides is 1.